The number of carboxylic acid groups (broad SMARTS) is 1. The van der Waals surface area contributed by atoms with Gasteiger partial charge in [0.15, 0.2) is 0 Å². The van der Waals surface area contributed by atoms with Crippen molar-refractivity contribution in [3.8, 4) is 0 Å². The van der Waals surface area contributed by atoms with Crippen molar-refractivity contribution in [2.75, 3.05) is 17.2 Å². The van der Waals surface area contributed by atoms with Crippen molar-refractivity contribution in [3.05, 3.63) is 57.6 Å². The van der Waals surface area contributed by atoms with Crippen LogP contribution in [0.25, 0.3) is 0 Å². The van der Waals surface area contributed by atoms with Crippen LogP contribution in [0.2, 0.25) is 10.0 Å². The summed E-state index contributed by atoms with van der Waals surface area (Å²) in [7, 11) is 0. The van der Waals surface area contributed by atoms with Crippen LogP contribution >= 0.6 is 23.2 Å². The number of hydrogen-bond donors (Lipinski definition) is 7. The van der Waals surface area contributed by atoms with Crippen LogP contribution in [-0.4, -0.2) is 48.2 Å². The minimum Gasteiger partial charge on any atom is -0.480 e. The SMILES string of the molecule is NN=CNc1cc(NC=NN)cc(C(=O)NCC(=O)NC(Cc2cc(Cl)cc(Cl)c2)C(=O)O)c1. The number of hydrogen-bond acceptors (Lipinski definition) is 7. The van der Waals surface area contributed by atoms with E-state index >= 15 is 0 Å². The van der Waals surface area contributed by atoms with Crippen LogP contribution in [0.3, 0.4) is 0 Å². The van der Waals surface area contributed by atoms with Crippen molar-refractivity contribution >= 4 is 65.0 Å². The van der Waals surface area contributed by atoms with Gasteiger partial charge in [-0.25, -0.2) is 4.79 Å². The molecule has 12 nitrogen and oxygen atoms in total. The van der Waals surface area contributed by atoms with Crippen molar-refractivity contribution in [2.24, 2.45) is 21.9 Å². The van der Waals surface area contributed by atoms with E-state index < -0.39 is 30.4 Å². The van der Waals surface area contributed by atoms with Gasteiger partial charge >= 0.3 is 5.97 Å². The topological polar surface area (TPSA) is 196 Å². The Hall–Kier alpha value is -4.03. The lowest BCUT2D eigenvalue weighted by Gasteiger charge is -2.16. The Bertz CT molecular complexity index is 1060. The first-order valence-electron chi connectivity index (χ1n) is 9.58. The molecule has 2 rings (SSSR count). The molecular formula is C20H22Cl2N8O4. The molecule has 2 aromatic rings. The number of nitrogens with zero attached hydrogens (tertiary/aromatic N) is 2. The quantitative estimate of drug-likeness (QED) is 0.101. The van der Waals surface area contributed by atoms with Crippen LogP contribution < -0.4 is 33.0 Å². The number of amides is 2. The van der Waals surface area contributed by atoms with Crippen LogP contribution in [0, 0.1) is 0 Å². The summed E-state index contributed by atoms with van der Waals surface area (Å²) in [5, 5.41) is 27.1. The third kappa shape index (κ3) is 8.48. The Morgan fingerprint density at radius 2 is 1.50 bits per heavy atom. The van der Waals surface area contributed by atoms with Gasteiger partial charge in [-0.05, 0) is 42.0 Å². The molecule has 1 unspecified atom stereocenters. The fraction of sp³-hybridized carbons (Fsp3) is 0.150. The Morgan fingerprint density at radius 1 is 0.941 bits per heavy atom. The Kier molecular flexibility index (Phi) is 9.92. The lowest BCUT2D eigenvalue weighted by atomic mass is 10.1. The van der Waals surface area contributed by atoms with Gasteiger partial charge in [-0.1, -0.05) is 23.2 Å². The number of carbonyl (C=O) groups is 3. The zero-order valence-electron chi connectivity index (χ0n) is 17.6. The zero-order chi connectivity index (χ0) is 25.1. The van der Waals surface area contributed by atoms with Crippen LogP contribution in [-0.2, 0) is 16.0 Å². The number of carbonyl (C=O) groups excluding carboxylic acids is 2. The molecule has 14 heteroatoms. The van der Waals surface area contributed by atoms with Crippen molar-refractivity contribution in [1.82, 2.24) is 10.6 Å². The van der Waals surface area contributed by atoms with E-state index in [2.05, 4.69) is 31.5 Å². The maximum atomic E-state index is 12.6. The number of aliphatic carboxylic acids is 1. The smallest absolute Gasteiger partial charge is 0.326 e. The number of nitrogens with one attached hydrogen (secondary N) is 4. The molecule has 0 spiro atoms. The molecule has 0 aliphatic heterocycles. The highest BCUT2D eigenvalue weighted by Crippen LogP contribution is 2.20. The highest BCUT2D eigenvalue weighted by atomic mass is 35.5. The molecule has 0 aliphatic carbocycles. The molecule has 0 saturated carbocycles. The molecule has 9 N–H and O–H groups in total. The summed E-state index contributed by atoms with van der Waals surface area (Å²) >= 11 is 11.9. The summed E-state index contributed by atoms with van der Waals surface area (Å²) in [6, 6.07) is 7.96. The molecule has 180 valence electrons. The molecule has 0 saturated heterocycles. The van der Waals surface area contributed by atoms with E-state index in [4.69, 9.17) is 34.9 Å². The molecule has 0 fully saturated rings. The summed E-state index contributed by atoms with van der Waals surface area (Å²) in [5.41, 5.74) is 1.64. The molecular weight excluding hydrogens is 487 g/mol. The van der Waals surface area contributed by atoms with Gasteiger partial charge in [-0.3, -0.25) is 9.59 Å². The molecule has 0 aliphatic rings. The van der Waals surface area contributed by atoms with Crippen LogP contribution in [0.5, 0.6) is 0 Å². The second-order valence-electron chi connectivity index (χ2n) is 6.77. The van der Waals surface area contributed by atoms with E-state index in [9.17, 15) is 19.5 Å². The van der Waals surface area contributed by atoms with Crippen molar-refractivity contribution in [2.45, 2.75) is 12.5 Å². The number of carboxylic acids is 1. The number of halogens is 2. The predicted octanol–water partition coefficient (Wildman–Crippen LogP) is 1.16. The molecule has 34 heavy (non-hydrogen) atoms. The van der Waals surface area contributed by atoms with Gasteiger partial charge in [0.25, 0.3) is 5.91 Å². The molecule has 2 amide bonds. The van der Waals surface area contributed by atoms with E-state index in [1.807, 2.05) is 0 Å². The Morgan fingerprint density at radius 3 is 2.00 bits per heavy atom. The average Bonchev–Trinajstić information content (AvgIpc) is 2.78. The number of anilines is 2. The van der Waals surface area contributed by atoms with Gasteiger partial charge in [0.05, 0.1) is 6.54 Å². The third-order valence-corrected chi connectivity index (χ3v) is 4.65. The fourth-order valence-corrected chi connectivity index (χ4v) is 3.39. The predicted molar refractivity (Wildman–Crippen MR) is 131 cm³/mol. The normalized spacial score (nSPS) is 11.8. The summed E-state index contributed by atoms with van der Waals surface area (Å²) in [4.78, 5) is 36.5. The van der Waals surface area contributed by atoms with Gasteiger partial charge in [-0.2, -0.15) is 10.2 Å². The largest absolute Gasteiger partial charge is 0.480 e. The van der Waals surface area contributed by atoms with E-state index in [1.54, 1.807) is 18.2 Å². The van der Waals surface area contributed by atoms with Gasteiger partial charge in [0.2, 0.25) is 5.91 Å². The summed E-state index contributed by atoms with van der Waals surface area (Å²) < 4.78 is 0. The standard InChI is InChI=1S/C20H22Cl2N8O4/c21-13-1-11(2-14(22)6-13)3-17(20(33)34)30-18(31)8-25-19(32)12-4-15(26-9-28-23)7-16(5-12)27-10-29-24/h1-2,4-7,9-10,17H,3,8,23-24H2,(H,25,32)(H,26,28)(H,27,29)(H,30,31)(H,33,34). The minimum atomic E-state index is -1.26. The lowest BCUT2D eigenvalue weighted by Crippen LogP contribution is -2.46. The van der Waals surface area contributed by atoms with Crippen LogP contribution in [0.4, 0.5) is 11.4 Å². The number of hydrazone groups is 2. The summed E-state index contributed by atoms with van der Waals surface area (Å²) in [5.74, 6) is 7.59. The summed E-state index contributed by atoms with van der Waals surface area (Å²) in [6.07, 6.45) is 2.37. The number of rotatable bonds is 11. The molecule has 0 radical (unpaired) electrons. The van der Waals surface area contributed by atoms with Gasteiger partial charge in [0, 0.05) is 33.4 Å². The first kappa shape index (κ1) is 26.2. The third-order valence-electron chi connectivity index (χ3n) is 4.21. The van der Waals surface area contributed by atoms with E-state index in [0.29, 0.717) is 27.0 Å². The van der Waals surface area contributed by atoms with E-state index in [1.165, 1.54) is 30.9 Å². The Balaban J connectivity index is 2.04. The molecule has 0 aromatic heterocycles. The number of nitrogens with two attached hydrogens (primary N) is 2. The second kappa shape index (κ2) is 12.9. The average molecular weight is 509 g/mol. The van der Waals surface area contributed by atoms with Crippen molar-refractivity contribution < 1.29 is 19.5 Å². The highest BCUT2D eigenvalue weighted by Gasteiger charge is 2.21. The van der Waals surface area contributed by atoms with Crippen LogP contribution in [0.15, 0.2) is 46.6 Å². The first-order chi connectivity index (χ1) is 16.2. The maximum absolute atomic E-state index is 12.6. The second-order valence-corrected chi connectivity index (χ2v) is 7.64. The van der Waals surface area contributed by atoms with Gasteiger partial charge < -0.3 is 38.1 Å². The lowest BCUT2D eigenvalue weighted by molar-refractivity contribution is -0.141. The maximum Gasteiger partial charge on any atom is 0.326 e. The van der Waals surface area contributed by atoms with Crippen molar-refractivity contribution in [1.29, 1.82) is 0 Å². The zero-order valence-corrected chi connectivity index (χ0v) is 19.1. The van der Waals surface area contributed by atoms with Gasteiger partial charge in [-0.15, -0.1) is 0 Å². The fourth-order valence-electron chi connectivity index (χ4n) is 2.82. The Labute approximate surface area is 204 Å². The van der Waals surface area contributed by atoms with Crippen LogP contribution in [0.1, 0.15) is 15.9 Å². The number of benzene rings is 2. The van der Waals surface area contributed by atoms with E-state index in [-0.39, 0.29) is 12.0 Å². The highest BCUT2D eigenvalue weighted by molar-refractivity contribution is 6.34. The molecule has 2 aromatic carbocycles. The van der Waals surface area contributed by atoms with Crippen molar-refractivity contribution in [3.63, 3.8) is 0 Å². The molecule has 1 atom stereocenters. The van der Waals surface area contributed by atoms with E-state index in [0.717, 1.165) is 0 Å². The first-order valence-corrected chi connectivity index (χ1v) is 10.3. The summed E-state index contributed by atoms with van der Waals surface area (Å²) in [6.45, 7) is -0.464. The monoisotopic (exact) mass is 508 g/mol. The van der Waals surface area contributed by atoms with Gasteiger partial charge in [0.1, 0.15) is 18.7 Å². The molecule has 0 heterocycles. The molecule has 0 bridgehead atoms. The minimum absolute atomic E-state index is 0.0521.